The Labute approximate surface area is 101 Å². The van der Waals surface area contributed by atoms with E-state index in [-0.39, 0.29) is 0 Å². The summed E-state index contributed by atoms with van der Waals surface area (Å²) in [5.41, 5.74) is 3.09. The second-order valence-corrected chi connectivity index (χ2v) is 4.18. The Morgan fingerprint density at radius 1 is 1.35 bits per heavy atom. The number of hydrogen-bond acceptors (Lipinski definition) is 2. The number of ether oxygens (including phenoxy) is 1. The molecule has 0 aliphatic heterocycles. The van der Waals surface area contributed by atoms with Crippen LogP contribution in [0.4, 0.5) is 0 Å². The van der Waals surface area contributed by atoms with Crippen molar-refractivity contribution in [2.24, 2.45) is 0 Å². The first-order chi connectivity index (χ1) is 8.22. The lowest BCUT2D eigenvalue weighted by molar-refractivity contribution is 0.174. The van der Waals surface area contributed by atoms with Crippen LogP contribution in [-0.2, 0) is 6.42 Å². The third-order valence-corrected chi connectivity index (χ3v) is 3.21. The van der Waals surface area contributed by atoms with E-state index in [4.69, 9.17) is 4.74 Å². The minimum Gasteiger partial charge on any atom is -0.495 e. The van der Waals surface area contributed by atoms with Gasteiger partial charge in [0.15, 0.2) is 0 Å². The fourth-order valence-electron chi connectivity index (χ4n) is 2.30. The lowest BCUT2D eigenvalue weighted by Gasteiger charge is -2.09. The molecule has 0 amide bonds. The normalized spacial score (nSPS) is 12.9. The summed E-state index contributed by atoms with van der Waals surface area (Å²) in [7, 11) is 1.66. The van der Waals surface area contributed by atoms with Crippen LogP contribution in [0.1, 0.15) is 37.6 Å². The van der Waals surface area contributed by atoms with Crippen molar-refractivity contribution in [3.63, 3.8) is 0 Å². The van der Waals surface area contributed by atoms with E-state index in [0.29, 0.717) is 0 Å². The van der Waals surface area contributed by atoms with Gasteiger partial charge in [0.2, 0.25) is 0 Å². The Morgan fingerprint density at radius 2 is 2.12 bits per heavy atom. The van der Waals surface area contributed by atoms with Crippen LogP contribution in [0.15, 0.2) is 18.2 Å². The summed E-state index contributed by atoms with van der Waals surface area (Å²) in [5.74, 6) is 0.826. The van der Waals surface area contributed by atoms with Gasteiger partial charge >= 0.3 is 0 Å². The lowest BCUT2D eigenvalue weighted by Crippen LogP contribution is -1.98. The van der Waals surface area contributed by atoms with E-state index in [1.807, 2.05) is 25.1 Å². The molecule has 0 bridgehead atoms. The number of aliphatic hydroxyl groups is 1. The van der Waals surface area contributed by atoms with Crippen LogP contribution >= 0.6 is 0 Å². The zero-order valence-corrected chi connectivity index (χ0v) is 10.6. The van der Waals surface area contributed by atoms with Crippen LogP contribution in [0, 0.1) is 0 Å². The molecule has 1 atom stereocenters. The van der Waals surface area contributed by atoms with Gasteiger partial charge in [-0.1, -0.05) is 26.0 Å². The van der Waals surface area contributed by atoms with Gasteiger partial charge in [0.05, 0.1) is 18.7 Å². The molecule has 2 rings (SSSR count). The van der Waals surface area contributed by atoms with Gasteiger partial charge in [-0.2, -0.15) is 0 Å². The number of aliphatic hydroxyl groups excluding tert-OH is 1. The van der Waals surface area contributed by atoms with E-state index < -0.39 is 6.10 Å². The average molecular weight is 233 g/mol. The molecule has 0 saturated heterocycles. The van der Waals surface area contributed by atoms with Crippen LogP contribution in [0.25, 0.3) is 10.9 Å². The molecule has 1 aromatic heterocycles. The highest BCUT2D eigenvalue weighted by molar-refractivity contribution is 5.90. The number of aromatic amines is 1. The fourth-order valence-corrected chi connectivity index (χ4v) is 2.30. The number of rotatable bonds is 4. The van der Waals surface area contributed by atoms with Crippen molar-refractivity contribution in [2.75, 3.05) is 7.11 Å². The summed E-state index contributed by atoms with van der Waals surface area (Å²) in [6, 6.07) is 5.92. The number of hydrogen-bond donors (Lipinski definition) is 2. The Hall–Kier alpha value is -1.48. The minimum atomic E-state index is -0.411. The topological polar surface area (TPSA) is 45.2 Å². The lowest BCUT2D eigenvalue weighted by atomic mass is 10.0. The Kier molecular flexibility index (Phi) is 3.38. The zero-order chi connectivity index (χ0) is 12.4. The number of aryl methyl sites for hydroxylation is 1. The molecule has 0 saturated carbocycles. The maximum absolute atomic E-state index is 10.1. The predicted octanol–water partition coefficient (Wildman–Crippen LogP) is 3.18. The molecule has 17 heavy (non-hydrogen) atoms. The van der Waals surface area contributed by atoms with Crippen LogP contribution in [0.3, 0.4) is 0 Å². The molecule has 1 heterocycles. The highest BCUT2D eigenvalue weighted by atomic mass is 16.5. The summed E-state index contributed by atoms with van der Waals surface area (Å²) >= 11 is 0. The van der Waals surface area contributed by atoms with Gasteiger partial charge in [-0.3, -0.25) is 0 Å². The summed E-state index contributed by atoms with van der Waals surface area (Å²) < 4.78 is 5.34. The molecule has 1 aromatic carbocycles. The molecule has 2 aromatic rings. The summed E-state index contributed by atoms with van der Waals surface area (Å²) in [6.45, 7) is 4.08. The largest absolute Gasteiger partial charge is 0.495 e. The first-order valence-electron chi connectivity index (χ1n) is 6.08. The molecule has 1 unspecified atom stereocenters. The van der Waals surface area contributed by atoms with Crippen LogP contribution < -0.4 is 4.74 Å². The van der Waals surface area contributed by atoms with Crippen molar-refractivity contribution in [1.82, 2.24) is 4.98 Å². The molecule has 3 heteroatoms. The summed E-state index contributed by atoms with van der Waals surface area (Å²) in [6.07, 6.45) is 1.19. The molecule has 0 spiro atoms. The SMILES string of the molecule is CCc1[nH]c2c(OC)cccc2c1C(O)CC. The predicted molar refractivity (Wildman–Crippen MR) is 69.5 cm³/mol. The van der Waals surface area contributed by atoms with E-state index in [0.717, 1.165) is 40.8 Å². The van der Waals surface area contributed by atoms with Gasteiger partial charge in [0.1, 0.15) is 5.75 Å². The smallest absolute Gasteiger partial charge is 0.142 e. The quantitative estimate of drug-likeness (QED) is 0.852. The monoisotopic (exact) mass is 233 g/mol. The first kappa shape index (κ1) is 12.0. The number of para-hydroxylation sites is 1. The standard InChI is InChI=1S/C14H19NO2/c1-4-10-13(11(16)5-2)9-7-6-8-12(17-3)14(9)15-10/h6-8,11,15-16H,4-5H2,1-3H3. The second-order valence-electron chi connectivity index (χ2n) is 4.18. The van der Waals surface area contributed by atoms with Crippen molar-refractivity contribution in [3.05, 3.63) is 29.5 Å². The Balaban J connectivity index is 2.72. The number of methoxy groups -OCH3 is 1. The first-order valence-corrected chi connectivity index (χ1v) is 6.08. The average Bonchev–Trinajstić information content (AvgIpc) is 2.75. The van der Waals surface area contributed by atoms with E-state index in [9.17, 15) is 5.11 Å². The molecule has 2 N–H and O–H groups in total. The van der Waals surface area contributed by atoms with Gasteiger partial charge in [0.25, 0.3) is 0 Å². The number of benzene rings is 1. The van der Waals surface area contributed by atoms with E-state index in [1.54, 1.807) is 7.11 Å². The molecular formula is C14H19NO2. The highest BCUT2D eigenvalue weighted by Crippen LogP contribution is 2.34. The van der Waals surface area contributed by atoms with Gasteiger partial charge in [-0.25, -0.2) is 0 Å². The van der Waals surface area contributed by atoms with Crippen LogP contribution in [0.5, 0.6) is 5.75 Å². The third kappa shape index (κ3) is 1.91. The number of aromatic nitrogens is 1. The van der Waals surface area contributed by atoms with Gasteiger partial charge in [-0.05, 0) is 18.9 Å². The van der Waals surface area contributed by atoms with E-state index in [2.05, 4.69) is 11.9 Å². The van der Waals surface area contributed by atoms with E-state index in [1.165, 1.54) is 0 Å². The molecule has 3 nitrogen and oxygen atoms in total. The van der Waals surface area contributed by atoms with E-state index >= 15 is 0 Å². The fraction of sp³-hybridized carbons (Fsp3) is 0.429. The highest BCUT2D eigenvalue weighted by Gasteiger charge is 2.18. The zero-order valence-electron chi connectivity index (χ0n) is 10.6. The van der Waals surface area contributed by atoms with Crippen molar-refractivity contribution in [2.45, 2.75) is 32.8 Å². The molecule has 0 fully saturated rings. The van der Waals surface area contributed by atoms with Gasteiger partial charge < -0.3 is 14.8 Å². The molecule has 0 aliphatic rings. The molecule has 92 valence electrons. The molecule has 0 radical (unpaired) electrons. The van der Waals surface area contributed by atoms with Gasteiger partial charge in [-0.15, -0.1) is 0 Å². The van der Waals surface area contributed by atoms with Crippen molar-refractivity contribution in [1.29, 1.82) is 0 Å². The Bertz CT molecular complexity index is 516. The second kappa shape index (κ2) is 4.80. The van der Waals surface area contributed by atoms with Crippen molar-refractivity contribution < 1.29 is 9.84 Å². The summed E-state index contributed by atoms with van der Waals surface area (Å²) in [4.78, 5) is 3.36. The maximum Gasteiger partial charge on any atom is 0.142 e. The maximum atomic E-state index is 10.1. The number of H-pyrrole nitrogens is 1. The number of fused-ring (bicyclic) bond motifs is 1. The molecule has 0 aliphatic carbocycles. The third-order valence-electron chi connectivity index (χ3n) is 3.21. The van der Waals surface area contributed by atoms with Crippen LogP contribution in [-0.4, -0.2) is 17.2 Å². The molecular weight excluding hydrogens is 214 g/mol. The summed E-state index contributed by atoms with van der Waals surface area (Å²) in [5, 5.41) is 11.2. The number of nitrogens with one attached hydrogen (secondary N) is 1. The van der Waals surface area contributed by atoms with Crippen molar-refractivity contribution in [3.8, 4) is 5.75 Å². The Morgan fingerprint density at radius 3 is 2.71 bits per heavy atom. The minimum absolute atomic E-state index is 0.411. The van der Waals surface area contributed by atoms with Gasteiger partial charge in [0, 0.05) is 16.6 Å². The van der Waals surface area contributed by atoms with Crippen LogP contribution in [0.2, 0.25) is 0 Å². The van der Waals surface area contributed by atoms with Crippen molar-refractivity contribution >= 4 is 10.9 Å².